The summed E-state index contributed by atoms with van der Waals surface area (Å²) >= 11 is 0. The van der Waals surface area contributed by atoms with E-state index in [9.17, 15) is 4.79 Å². The van der Waals surface area contributed by atoms with Crippen LogP contribution in [0.2, 0.25) is 0 Å². The number of rotatable bonds is 5. The molecule has 0 saturated carbocycles. The molecule has 0 atom stereocenters. The molecule has 2 rings (SSSR count). The number of carbonyl (C=O) groups excluding carboxylic acids is 1. The highest BCUT2D eigenvalue weighted by molar-refractivity contribution is 5.94. The van der Waals surface area contributed by atoms with Crippen LogP contribution in [-0.2, 0) is 13.0 Å². The van der Waals surface area contributed by atoms with Gasteiger partial charge in [0.2, 0.25) is 0 Å². The molecule has 0 fully saturated rings. The summed E-state index contributed by atoms with van der Waals surface area (Å²) in [5.41, 5.74) is 3.88. The number of carbonyl (C=O) groups is 1. The summed E-state index contributed by atoms with van der Waals surface area (Å²) in [6.07, 6.45) is 0.781. The third-order valence-corrected chi connectivity index (χ3v) is 3.22. The van der Waals surface area contributed by atoms with Crippen LogP contribution in [0.4, 0.5) is 0 Å². The lowest BCUT2D eigenvalue weighted by molar-refractivity contribution is 0.0954. The van der Waals surface area contributed by atoms with Gasteiger partial charge in [-0.15, -0.1) is 0 Å². The highest BCUT2D eigenvalue weighted by Crippen LogP contribution is 2.05. The first-order valence-corrected chi connectivity index (χ1v) is 6.72. The van der Waals surface area contributed by atoms with Gasteiger partial charge in [0.05, 0.1) is 6.61 Å². The van der Waals surface area contributed by atoms with Crippen molar-refractivity contribution in [1.29, 1.82) is 0 Å². The van der Waals surface area contributed by atoms with Crippen LogP contribution >= 0.6 is 0 Å². The molecule has 0 saturated heterocycles. The van der Waals surface area contributed by atoms with Crippen molar-refractivity contribution in [1.82, 2.24) is 5.32 Å². The van der Waals surface area contributed by atoms with E-state index in [-0.39, 0.29) is 12.5 Å². The maximum absolute atomic E-state index is 11.9. The highest BCUT2D eigenvalue weighted by atomic mass is 16.3. The fourth-order valence-electron chi connectivity index (χ4n) is 1.94. The Kier molecular flexibility index (Phi) is 4.91. The third kappa shape index (κ3) is 3.93. The Bertz CT molecular complexity index is 559. The smallest absolute Gasteiger partial charge is 0.251 e. The third-order valence-electron chi connectivity index (χ3n) is 3.22. The predicted octanol–water partition coefficient (Wildman–Crippen LogP) is 2.46. The minimum absolute atomic E-state index is 0.0445. The van der Waals surface area contributed by atoms with Crippen molar-refractivity contribution in [2.24, 2.45) is 0 Å². The summed E-state index contributed by atoms with van der Waals surface area (Å²) in [4.78, 5) is 11.9. The Balaban J connectivity index is 1.82. The van der Waals surface area contributed by atoms with Crippen molar-refractivity contribution in [2.75, 3.05) is 6.54 Å². The number of aryl methyl sites for hydroxylation is 1. The second-order valence-corrected chi connectivity index (χ2v) is 4.85. The predicted molar refractivity (Wildman–Crippen MR) is 79.6 cm³/mol. The van der Waals surface area contributed by atoms with Gasteiger partial charge in [-0.25, -0.2) is 0 Å². The van der Waals surface area contributed by atoms with E-state index in [0.717, 1.165) is 23.1 Å². The van der Waals surface area contributed by atoms with Crippen molar-refractivity contribution < 1.29 is 9.90 Å². The maximum atomic E-state index is 11.9. The number of benzene rings is 2. The Hall–Kier alpha value is -2.13. The van der Waals surface area contributed by atoms with Gasteiger partial charge >= 0.3 is 0 Å². The van der Waals surface area contributed by atoms with Crippen LogP contribution in [0.3, 0.4) is 0 Å². The van der Waals surface area contributed by atoms with Gasteiger partial charge in [0.25, 0.3) is 5.91 Å². The summed E-state index contributed by atoms with van der Waals surface area (Å²) in [5.74, 6) is -0.0445. The molecule has 20 heavy (non-hydrogen) atoms. The summed E-state index contributed by atoms with van der Waals surface area (Å²) in [7, 11) is 0. The Labute approximate surface area is 119 Å². The number of hydrogen-bond acceptors (Lipinski definition) is 2. The lowest BCUT2D eigenvalue weighted by Gasteiger charge is -2.06. The zero-order valence-corrected chi connectivity index (χ0v) is 11.6. The molecule has 104 valence electrons. The number of aliphatic hydroxyl groups excluding tert-OH is 1. The normalized spacial score (nSPS) is 10.3. The Morgan fingerprint density at radius 2 is 1.60 bits per heavy atom. The van der Waals surface area contributed by atoms with E-state index >= 15 is 0 Å². The minimum atomic E-state index is -0.0445. The van der Waals surface area contributed by atoms with Gasteiger partial charge in [0.15, 0.2) is 0 Å². The molecule has 0 aliphatic carbocycles. The fourth-order valence-corrected chi connectivity index (χ4v) is 1.94. The van der Waals surface area contributed by atoms with Crippen LogP contribution in [0.25, 0.3) is 0 Å². The molecule has 0 radical (unpaired) electrons. The van der Waals surface area contributed by atoms with E-state index in [0.29, 0.717) is 12.1 Å². The van der Waals surface area contributed by atoms with Gasteiger partial charge < -0.3 is 10.4 Å². The van der Waals surface area contributed by atoms with Crippen molar-refractivity contribution in [2.45, 2.75) is 20.0 Å². The second-order valence-electron chi connectivity index (χ2n) is 4.85. The van der Waals surface area contributed by atoms with E-state index in [1.165, 1.54) is 0 Å². The Morgan fingerprint density at radius 1 is 1.00 bits per heavy atom. The first kappa shape index (κ1) is 14.3. The van der Waals surface area contributed by atoms with Crippen LogP contribution in [-0.4, -0.2) is 17.6 Å². The number of amides is 1. The molecule has 0 aromatic heterocycles. The molecule has 1 amide bonds. The largest absolute Gasteiger partial charge is 0.392 e. The van der Waals surface area contributed by atoms with E-state index in [4.69, 9.17) is 5.11 Å². The lowest BCUT2D eigenvalue weighted by Crippen LogP contribution is -2.25. The fraction of sp³-hybridized carbons (Fsp3) is 0.235. The van der Waals surface area contributed by atoms with Crippen molar-refractivity contribution in [3.63, 3.8) is 0 Å². The van der Waals surface area contributed by atoms with Gasteiger partial charge in [0, 0.05) is 12.1 Å². The highest BCUT2D eigenvalue weighted by Gasteiger charge is 2.04. The van der Waals surface area contributed by atoms with Crippen LogP contribution in [0.5, 0.6) is 0 Å². The molecule has 0 spiro atoms. The van der Waals surface area contributed by atoms with E-state index in [1.807, 2.05) is 55.5 Å². The molecule has 2 aromatic rings. The monoisotopic (exact) mass is 269 g/mol. The van der Waals surface area contributed by atoms with Gasteiger partial charge in [0.1, 0.15) is 0 Å². The van der Waals surface area contributed by atoms with Crippen molar-refractivity contribution in [3.8, 4) is 0 Å². The van der Waals surface area contributed by atoms with E-state index < -0.39 is 0 Å². The van der Waals surface area contributed by atoms with E-state index in [2.05, 4.69) is 5.32 Å². The number of hydrogen-bond donors (Lipinski definition) is 2. The second kappa shape index (κ2) is 6.87. The molecule has 0 aliphatic rings. The van der Waals surface area contributed by atoms with Gasteiger partial charge in [-0.3, -0.25) is 4.79 Å². The zero-order valence-electron chi connectivity index (χ0n) is 11.6. The number of nitrogens with one attached hydrogen (secondary N) is 1. The van der Waals surface area contributed by atoms with Gasteiger partial charge in [-0.05, 0) is 36.6 Å². The summed E-state index contributed by atoms with van der Waals surface area (Å²) in [5, 5.41) is 11.9. The minimum Gasteiger partial charge on any atom is -0.392 e. The standard InChI is InChI=1S/C17H19NO2/c1-13-2-8-16(9-3-13)17(20)18-11-10-14-4-6-15(12-19)7-5-14/h2-9,19H,10-12H2,1H3,(H,18,20). The van der Waals surface area contributed by atoms with Crippen LogP contribution < -0.4 is 5.32 Å². The summed E-state index contributed by atoms with van der Waals surface area (Å²) < 4.78 is 0. The first-order valence-electron chi connectivity index (χ1n) is 6.72. The van der Waals surface area contributed by atoms with E-state index in [1.54, 1.807) is 0 Å². The SMILES string of the molecule is Cc1ccc(C(=O)NCCc2ccc(CO)cc2)cc1. The molecule has 2 aromatic carbocycles. The van der Waals surface area contributed by atoms with Crippen LogP contribution in [0.15, 0.2) is 48.5 Å². The molecule has 2 N–H and O–H groups in total. The van der Waals surface area contributed by atoms with Crippen molar-refractivity contribution >= 4 is 5.91 Å². The molecular weight excluding hydrogens is 250 g/mol. The summed E-state index contributed by atoms with van der Waals surface area (Å²) in [6, 6.07) is 15.3. The molecule has 0 aliphatic heterocycles. The summed E-state index contributed by atoms with van der Waals surface area (Å²) in [6.45, 7) is 2.66. The first-order chi connectivity index (χ1) is 9.69. The Morgan fingerprint density at radius 3 is 2.20 bits per heavy atom. The van der Waals surface area contributed by atoms with Gasteiger partial charge in [-0.2, -0.15) is 0 Å². The molecule has 0 bridgehead atoms. The van der Waals surface area contributed by atoms with Gasteiger partial charge in [-0.1, -0.05) is 42.0 Å². The molecule has 3 heteroatoms. The van der Waals surface area contributed by atoms with Crippen molar-refractivity contribution in [3.05, 3.63) is 70.8 Å². The zero-order chi connectivity index (χ0) is 14.4. The van der Waals surface area contributed by atoms with Crippen LogP contribution in [0, 0.1) is 6.92 Å². The topological polar surface area (TPSA) is 49.3 Å². The lowest BCUT2D eigenvalue weighted by atomic mass is 10.1. The average molecular weight is 269 g/mol. The quantitative estimate of drug-likeness (QED) is 0.876. The number of aliphatic hydroxyl groups is 1. The molecular formula is C17H19NO2. The van der Waals surface area contributed by atoms with Crippen LogP contribution in [0.1, 0.15) is 27.0 Å². The molecule has 0 heterocycles. The maximum Gasteiger partial charge on any atom is 0.251 e. The average Bonchev–Trinajstić information content (AvgIpc) is 2.48. The molecule has 0 unspecified atom stereocenters. The molecule has 3 nitrogen and oxygen atoms in total.